The largest absolute Gasteiger partial charge is 0.489 e. The van der Waals surface area contributed by atoms with E-state index in [0.29, 0.717) is 29.2 Å². The van der Waals surface area contributed by atoms with Gasteiger partial charge >= 0.3 is 0 Å². The zero-order chi connectivity index (χ0) is 15.6. The number of alkyl halides is 2. The van der Waals surface area contributed by atoms with Crippen molar-refractivity contribution in [3.8, 4) is 5.75 Å². The lowest BCUT2D eigenvalue weighted by Gasteiger charge is -2.29. The number of benzene rings is 1. The van der Waals surface area contributed by atoms with E-state index in [1.165, 1.54) is 6.07 Å². The third-order valence-corrected chi connectivity index (χ3v) is 3.83. The van der Waals surface area contributed by atoms with Gasteiger partial charge in [-0.1, -0.05) is 24.2 Å². The van der Waals surface area contributed by atoms with Gasteiger partial charge in [-0.15, -0.1) is 0 Å². The smallest absolute Gasteiger partial charge is 0.248 e. The van der Waals surface area contributed by atoms with Crippen LogP contribution in [0.1, 0.15) is 31.2 Å². The highest BCUT2D eigenvalue weighted by atomic mass is 35.5. The molecule has 1 aromatic rings. The Balaban J connectivity index is 2.05. The monoisotopic (exact) mass is 315 g/mol. The molecule has 114 valence electrons. The van der Waals surface area contributed by atoms with Crippen molar-refractivity contribution >= 4 is 23.1 Å². The maximum absolute atomic E-state index is 13.1. The average Bonchev–Trinajstić information content (AvgIpc) is 2.42. The topological polar surface area (TPSA) is 52.3 Å². The molecule has 1 aromatic carbocycles. The maximum atomic E-state index is 13.1. The van der Waals surface area contributed by atoms with E-state index >= 15 is 0 Å². The Hall–Kier alpha value is -1.62. The van der Waals surface area contributed by atoms with E-state index in [-0.39, 0.29) is 24.5 Å². The number of hydrogen-bond donors (Lipinski definition) is 1. The highest BCUT2D eigenvalue weighted by Crippen LogP contribution is 2.36. The molecule has 0 atom stereocenters. The standard InChI is InChI=1S/C15H16ClF2NO2/c1-9(14(19)20)10-2-3-13(12(16)8-10)21-11-4-6-15(17,18)7-5-11/h2-3,8,11H,1,4-7H2,(H2,19,20). The van der Waals surface area contributed by atoms with Gasteiger partial charge in [-0.25, -0.2) is 8.78 Å². The predicted molar refractivity (Wildman–Crippen MR) is 77.5 cm³/mol. The summed E-state index contributed by atoms with van der Waals surface area (Å²) in [5.74, 6) is -2.81. The second-order valence-electron chi connectivity index (χ2n) is 5.16. The van der Waals surface area contributed by atoms with Gasteiger partial charge in [-0.05, 0) is 30.5 Å². The van der Waals surface area contributed by atoms with Gasteiger partial charge in [0.1, 0.15) is 5.75 Å². The van der Waals surface area contributed by atoms with Crippen LogP contribution in [0.2, 0.25) is 5.02 Å². The summed E-state index contributed by atoms with van der Waals surface area (Å²) in [6.07, 6.45) is -0.0390. The first kappa shape index (κ1) is 15.8. The molecule has 0 spiro atoms. The van der Waals surface area contributed by atoms with Crippen molar-refractivity contribution < 1.29 is 18.3 Å². The number of carbonyl (C=O) groups excluding carboxylic acids is 1. The van der Waals surface area contributed by atoms with Crippen LogP contribution < -0.4 is 10.5 Å². The molecule has 1 aliphatic rings. The maximum Gasteiger partial charge on any atom is 0.248 e. The highest BCUT2D eigenvalue weighted by molar-refractivity contribution is 6.32. The molecule has 2 rings (SSSR count). The van der Waals surface area contributed by atoms with Crippen molar-refractivity contribution in [3.63, 3.8) is 0 Å². The number of hydrogen-bond acceptors (Lipinski definition) is 2. The molecule has 1 fully saturated rings. The van der Waals surface area contributed by atoms with E-state index in [1.807, 2.05) is 0 Å². The fraction of sp³-hybridized carbons (Fsp3) is 0.400. The summed E-state index contributed by atoms with van der Waals surface area (Å²) in [5.41, 5.74) is 5.81. The third kappa shape index (κ3) is 3.94. The summed E-state index contributed by atoms with van der Waals surface area (Å²) in [7, 11) is 0. The van der Waals surface area contributed by atoms with Crippen LogP contribution in [-0.2, 0) is 4.79 Å². The van der Waals surface area contributed by atoms with Gasteiger partial charge in [0, 0.05) is 18.4 Å². The van der Waals surface area contributed by atoms with Crippen molar-refractivity contribution in [3.05, 3.63) is 35.4 Å². The molecule has 0 aliphatic heterocycles. The van der Waals surface area contributed by atoms with E-state index in [9.17, 15) is 13.6 Å². The van der Waals surface area contributed by atoms with E-state index in [0.717, 1.165) is 0 Å². The van der Waals surface area contributed by atoms with Gasteiger partial charge in [-0.2, -0.15) is 0 Å². The Bertz CT molecular complexity index is 565. The minimum atomic E-state index is -2.59. The highest BCUT2D eigenvalue weighted by Gasteiger charge is 2.35. The molecule has 2 N–H and O–H groups in total. The molecule has 0 bridgehead atoms. The van der Waals surface area contributed by atoms with E-state index in [1.54, 1.807) is 12.1 Å². The van der Waals surface area contributed by atoms with Crippen LogP contribution in [0, 0.1) is 0 Å². The van der Waals surface area contributed by atoms with Crippen molar-refractivity contribution in [2.75, 3.05) is 0 Å². The lowest BCUT2D eigenvalue weighted by atomic mass is 9.94. The van der Waals surface area contributed by atoms with E-state index < -0.39 is 11.8 Å². The number of nitrogens with two attached hydrogens (primary N) is 1. The summed E-state index contributed by atoms with van der Waals surface area (Å²) in [5, 5.41) is 0.298. The Labute approximate surface area is 126 Å². The SMILES string of the molecule is C=C(C(N)=O)c1ccc(OC2CCC(F)(F)CC2)c(Cl)c1. The first-order chi connectivity index (χ1) is 9.78. The van der Waals surface area contributed by atoms with Crippen LogP contribution in [0.25, 0.3) is 5.57 Å². The van der Waals surface area contributed by atoms with Gasteiger partial charge in [0.2, 0.25) is 11.8 Å². The minimum absolute atomic E-state index is 0.153. The Morgan fingerprint density at radius 1 is 1.38 bits per heavy atom. The molecule has 1 amide bonds. The summed E-state index contributed by atoms with van der Waals surface area (Å²) >= 11 is 6.09. The molecule has 3 nitrogen and oxygen atoms in total. The lowest BCUT2D eigenvalue weighted by Crippen LogP contribution is -2.30. The van der Waals surface area contributed by atoms with Crippen LogP contribution in [0.4, 0.5) is 8.78 Å². The van der Waals surface area contributed by atoms with Crippen molar-refractivity contribution in [1.29, 1.82) is 0 Å². The summed E-state index contributed by atoms with van der Waals surface area (Å²) in [4.78, 5) is 11.1. The molecule has 0 unspecified atom stereocenters. The lowest BCUT2D eigenvalue weighted by molar-refractivity contribution is -0.112. The Morgan fingerprint density at radius 3 is 2.52 bits per heavy atom. The van der Waals surface area contributed by atoms with Gasteiger partial charge < -0.3 is 10.5 Å². The Morgan fingerprint density at radius 2 is 2.00 bits per heavy atom. The Kier molecular flexibility index (Phi) is 4.52. The fourth-order valence-corrected chi connectivity index (χ4v) is 2.46. The molecular formula is C15H16ClF2NO2. The van der Waals surface area contributed by atoms with Crippen LogP contribution >= 0.6 is 11.6 Å². The number of halogens is 3. The van der Waals surface area contributed by atoms with Gasteiger partial charge in [-0.3, -0.25) is 4.79 Å². The molecule has 0 heterocycles. The molecule has 21 heavy (non-hydrogen) atoms. The first-order valence-electron chi connectivity index (χ1n) is 6.61. The van der Waals surface area contributed by atoms with Crippen LogP contribution in [0.15, 0.2) is 24.8 Å². The van der Waals surface area contributed by atoms with Crippen LogP contribution in [-0.4, -0.2) is 17.9 Å². The van der Waals surface area contributed by atoms with Crippen molar-refractivity contribution in [2.24, 2.45) is 5.73 Å². The average molecular weight is 316 g/mol. The molecule has 0 saturated heterocycles. The number of rotatable bonds is 4. The summed E-state index contributed by atoms with van der Waals surface area (Å²) < 4.78 is 31.8. The zero-order valence-corrected chi connectivity index (χ0v) is 12.1. The van der Waals surface area contributed by atoms with E-state index in [4.69, 9.17) is 22.1 Å². The molecule has 0 radical (unpaired) electrons. The minimum Gasteiger partial charge on any atom is -0.489 e. The fourth-order valence-electron chi connectivity index (χ4n) is 2.24. The van der Waals surface area contributed by atoms with Crippen molar-refractivity contribution in [1.82, 2.24) is 0 Å². The molecule has 6 heteroatoms. The zero-order valence-electron chi connectivity index (χ0n) is 11.4. The number of amides is 1. The summed E-state index contributed by atoms with van der Waals surface area (Å²) in [6.45, 7) is 3.57. The third-order valence-electron chi connectivity index (χ3n) is 3.54. The first-order valence-corrected chi connectivity index (χ1v) is 6.99. The second kappa shape index (κ2) is 6.02. The van der Waals surface area contributed by atoms with Gasteiger partial charge in [0.15, 0.2) is 0 Å². The van der Waals surface area contributed by atoms with Crippen LogP contribution in [0.3, 0.4) is 0 Å². The summed E-state index contributed by atoms with van der Waals surface area (Å²) in [6, 6.07) is 4.74. The molecule has 0 aromatic heterocycles. The van der Waals surface area contributed by atoms with Crippen molar-refractivity contribution in [2.45, 2.75) is 37.7 Å². The molecule has 1 aliphatic carbocycles. The van der Waals surface area contributed by atoms with Crippen LogP contribution in [0.5, 0.6) is 5.75 Å². The van der Waals surface area contributed by atoms with Gasteiger partial charge in [0.05, 0.1) is 11.1 Å². The van der Waals surface area contributed by atoms with Gasteiger partial charge in [0.25, 0.3) is 0 Å². The number of primary amides is 1. The second-order valence-corrected chi connectivity index (χ2v) is 5.57. The quantitative estimate of drug-likeness (QED) is 0.859. The van der Waals surface area contributed by atoms with E-state index in [2.05, 4.69) is 6.58 Å². The molecular weight excluding hydrogens is 300 g/mol. The number of carbonyl (C=O) groups is 1. The number of ether oxygens (including phenoxy) is 1. The predicted octanol–water partition coefficient (Wildman–Crippen LogP) is 3.80. The normalized spacial score (nSPS) is 18.2. The molecule has 1 saturated carbocycles.